The van der Waals surface area contributed by atoms with Gasteiger partial charge in [-0.3, -0.25) is 0 Å². The van der Waals surface area contributed by atoms with Crippen molar-refractivity contribution in [1.29, 1.82) is 0 Å². The predicted molar refractivity (Wildman–Crippen MR) is 66.1 cm³/mol. The minimum Gasteiger partial charge on any atom is -0.432 e. The summed E-state index contributed by atoms with van der Waals surface area (Å²) < 4.78 is 181. The second-order valence-electron chi connectivity index (χ2n) is 6.31. The van der Waals surface area contributed by atoms with Crippen LogP contribution in [0.25, 0.3) is 0 Å². The molecule has 1 aliphatic heterocycles. The molecule has 0 aliphatic carbocycles. The molecule has 0 aromatic rings. The lowest BCUT2D eigenvalue weighted by atomic mass is 9.71. The van der Waals surface area contributed by atoms with Crippen LogP contribution in [0, 0.1) is 0 Å². The summed E-state index contributed by atoms with van der Waals surface area (Å²) in [7, 11) is 0. The number of ether oxygens (including phenoxy) is 2. The standard InChI is InChI=1S/C13H9F13O4/c1-4(8(14,15)16)5(27)29-9(13(24,25)26)10(17,18)6(2,12(21,22)23)30-7(3,28)11(9,19)20/h28H,1H2,2-3H3. The predicted octanol–water partition coefficient (Wildman–Crippen LogP) is 4.28. The van der Waals surface area contributed by atoms with Crippen molar-refractivity contribution in [3.8, 4) is 0 Å². The molecular formula is C13H9F13O4. The quantitative estimate of drug-likeness (QED) is 0.368. The smallest absolute Gasteiger partial charge is 0.432 e. The summed E-state index contributed by atoms with van der Waals surface area (Å²) in [6, 6.07) is 0. The van der Waals surface area contributed by atoms with E-state index in [0.29, 0.717) is 0 Å². The second-order valence-corrected chi connectivity index (χ2v) is 6.31. The van der Waals surface area contributed by atoms with Crippen LogP contribution in [-0.4, -0.2) is 58.4 Å². The number of hydrogen-bond acceptors (Lipinski definition) is 4. The molecule has 1 fully saturated rings. The fraction of sp³-hybridized carbons (Fsp3) is 0.769. The highest BCUT2D eigenvalue weighted by Crippen LogP contribution is 2.67. The first-order valence-electron chi connectivity index (χ1n) is 7.05. The van der Waals surface area contributed by atoms with Crippen LogP contribution in [-0.2, 0) is 14.3 Å². The van der Waals surface area contributed by atoms with Crippen LogP contribution in [0.5, 0.6) is 0 Å². The van der Waals surface area contributed by atoms with E-state index in [1.165, 1.54) is 0 Å². The van der Waals surface area contributed by atoms with Gasteiger partial charge in [0.1, 0.15) is 5.57 Å². The summed E-state index contributed by atoms with van der Waals surface area (Å²) >= 11 is 0. The van der Waals surface area contributed by atoms with Crippen LogP contribution in [0.1, 0.15) is 13.8 Å². The minimum atomic E-state index is -7.39. The van der Waals surface area contributed by atoms with Gasteiger partial charge in [0.2, 0.25) is 11.4 Å². The van der Waals surface area contributed by atoms with Crippen molar-refractivity contribution in [2.75, 3.05) is 0 Å². The molecular weight excluding hydrogens is 467 g/mol. The van der Waals surface area contributed by atoms with E-state index < -0.39 is 72.8 Å². The van der Waals surface area contributed by atoms with E-state index in [9.17, 15) is 67.0 Å². The number of esters is 1. The van der Waals surface area contributed by atoms with Crippen molar-refractivity contribution in [3.63, 3.8) is 0 Å². The van der Waals surface area contributed by atoms with E-state index in [-0.39, 0.29) is 0 Å². The molecule has 176 valence electrons. The Morgan fingerprint density at radius 1 is 0.867 bits per heavy atom. The van der Waals surface area contributed by atoms with Crippen LogP contribution in [0.15, 0.2) is 12.2 Å². The lowest BCUT2D eigenvalue weighted by molar-refractivity contribution is -0.541. The molecule has 4 nitrogen and oxygen atoms in total. The van der Waals surface area contributed by atoms with Crippen LogP contribution >= 0.6 is 0 Å². The summed E-state index contributed by atoms with van der Waals surface area (Å²) in [5.74, 6) is -22.4. The first-order valence-corrected chi connectivity index (χ1v) is 7.05. The third-order valence-corrected chi connectivity index (χ3v) is 4.24. The largest absolute Gasteiger partial charge is 0.441 e. The molecule has 1 aliphatic rings. The van der Waals surface area contributed by atoms with Gasteiger partial charge in [-0.15, -0.1) is 0 Å². The maximum absolute atomic E-state index is 14.6. The van der Waals surface area contributed by atoms with Crippen LogP contribution in [0.4, 0.5) is 57.1 Å². The molecule has 1 saturated heterocycles. The van der Waals surface area contributed by atoms with Gasteiger partial charge in [-0.25, -0.2) is 4.79 Å². The molecule has 0 radical (unpaired) electrons. The maximum Gasteiger partial charge on any atom is 0.441 e. The van der Waals surface area contributed by atoms with Crippen LogP contribution in [0.3, 0.4) is 0 Å². The number of aliphatic hydroxyl groups is 1. The monoisotopic (exact) mass is 476 g/mol. The number of carbonyl (C=O) groups is 1. The first-order chi connectivity index (χ1) is 12.7. The molecule has 1 heterocycles. The molecule has 30 heavy (non-hydrogen) atoms. The third-order valence-electron chi connectivity index (χ3n) is 4.24. The SMILES string of the molecule is C=C(C(=O)OC1(C(F)(F)F)C(F)(F)C(C)(O)OC(C)(C(F)(F)F)C1(F)F)C(F)(F)F. The molecule has 0 aromatic heterocycles. The van der Waals surface area contributed by atoms with Gasteiger partial charge in [0.05, 0.1) is 0 Å². The Morgan fingerprint density at radius 2 is 1.27 bits per heavy atom. The molecule has 3 unspecified atom stereocenters. The molecule has 1 rings (SSSR count). The number of halogens is 13. The van der Waals surface area contributed by atoms with E-state index in [1.807, 2.05) is 6.58 Å². The van der Waals surface area contributed by atoms with E-state index in [0.717, 1.165) is 0 Å². The molecule has 17 heteroatoms. The van der Waals surface area contributed by atoms with Gasteiger partial charge in [-0.2, -0.15) is 57.1 Å². The summed E-state index contributed by atoms with van der Waals surface area (Å²) in [6.07, 6.45) is -20.0. The molecule has 0 aromatic carbocycles. The number of alkyl halides is 13. The van der Waals surface area contributed by atoms with Gasteiger partial charge in [0.25, 0.3) is 0 Å². The number of rotatable bonds is 2. The highest BCUT2D eigenvalue weighted by molar-refractivity contribution is 5.89. The minimum absolute atomic E-state index is 0.612. The molecule has 0 amide bonds. The Kier molecular flexibility index (Phi) is 5.57. The molecule has 0 spiro atoms. The lowest BCUT2D eigenvalue weighted by Gasteiger charge is -2.58. The Labute approximate surface area is 157 Å². The van der Waals surface area contributed by atoms with Crippen molar-refractivity contribution < 1.29 is 76.5 Å². The summed E-state index contributed by atoms with van der Waals surface area (Å²) in [4.78, 5) is 11.3. The average molecular weight is 476 g/mol. The van der Waals surface area contributed by atoms with E-state index >= 15 is 0 Å². The van der Waals surface area contributed by atoms with Crippen molar-refractivity contribution in [1.82, 2.24) is 0 Å². The summed E-state index contributed by atoms with van der Waals surface area (Å²) in [6.45, 7) is 0.338. The zero-order chi connectivity index (χ0) is 24.6. The fourth-order valence-electron chi connectivity index (χ4n) is 2.48. The van der Waals surface area contributed by atoms with Crippen molar-refractivity contribution in [3.05, 3.63) is 12.2 Å². The number of hydrogen-bond donors (Lipinski definition) is 1. The van der Waals surface area contributed by atoms with Crippen molar-refractivity contribution in [2.24, 2.45) is 0 Å². The fourth-order valence-corrected chi connectivity index (χ4v) is 2.48. The van der Waals surface area contributed by atoms with E-state index in [1.54, 1.807) is 0 Å². The molecule has 0 bridgehead atoms. The second kappa shape index (κ2) is 6.37. The molecule has 1 N–H and O–H groups in total. The van der Waals surface area contributed by atoms with Gasteiger partial charge in [0.15, 0.2) is 0 Å². The Bertz CT molecular complexity index is 733. The van der Waals surface area contributed by atoms with E-state index in [4.69, 9.17) is 0 Å². The topological polar surface area (TPSA) is 55.8 Å². The first kappa shape index (κ1) is 26.3. The van der Waals surface area contributed by atoms with Gasteiger partial charge in [-0.05, 0) is 13.8 Å². The zero-order valence-electron chi connectivity index (χ0n) is 14.3. The van der Waals surface area contributed by atoms with Gasteiger partial charge in [0, 0.05) is 0 Å². The Balaban J connectivity index is 4.04. The average Bonchev–Trinajstić information content (AvgIpc) is 2.45. The Morgan fingerprint density at radius 3 is 1.57 bits per heavy atom. The van der Waals surface area contributed by atoms with Gasteiger partial charge < -0.3 is 14.6 Å². The number of carbonyl (C=O) groups excluding carboxylic acids is 1. The lowest BCUT2D eigenvalue weighted by Crippen LogP contribution is -2.88. The van der Waals surface area contributed by atoms with Crippen molar-refractivity contribution >= 4 is 5.97 Å². The normalized spacial score (nSPS) is 34.4. The highest BCUT2D eigenvalue weighted by atomic mass is 19.4. The van der Waals surface area contributed by atoms with Gasteiger partial charge >= 0.3 is 41.9 Å². The molecule has 3 atom stereocenters. The Hall–Kier alpha value is -1.78. The summed E-state index contributed by atoms with van der Waals surface area (Å²) in [5, 5.41) is 9.40. The summed E-state index contributed by atoms with van der Waals surface area (Å²) in [5.41, 5.74) is -15.6. The van der Waals surface area contributed by atoms with Crippen molar-refractivity contribution in [2.45, 2.75) is 61.2 Å². The van der Waals surface area contributed by atoms with Crippen LogP contribution < -0.4 is 0 Å². The van der Waals surface area contributed by atoms with Crippen LogP contribution in [0.2, 0.25) is 0 Å². The third kappa shape index (κ3) is 3.11. The zero-order valence-corrected chi connectivity index (χ0v) is 14.3. The maximum atomic E-state index is 14.6. The van der Waals surface area contributed by atoms with Gasteiger partial charge in [-0.1, -0.05) is 6.58 Å². The van der Waals surface area contributed by atoms with E-state index in [2.05, 4.69) is 9.47 Å². The highest BCUT2D eigenvalue weighted by Gasteiger charge is 2.98. The molecule has 0 saturated carbocycles.